The van der Waals surface area contributed by atoms with Crippen LogP contribution in [0.1, 0.15) is 43.6 Å². The van der Waals surface area contributed by atoms with Crippen molar-refractivity contribution >= 4 is 0 Å². The number of pyridine rings is 1. The van der Waals surface area contributed by atoms with Gasteiger partial charge in [-0.2, -0.15) is 5.10 Å². The first-order chi connectivity index (χ1) is 11.4. The van der Waals surface area contributed by atoms with E-state index < -0.39 is 34.9 Å². The van der Waals surface area contributed by atoms with Crippen molar-refractivity contribution in [2.45, 2.75) is 51.1 Å². The first kappa shape index (κ1) is 15.4. The molecule has 0 aliphatic heterocycles. The normalized spacial score (nSPS) is 28.8. The molecule has 0 radical (unpaired) electrons. The Balaban J connectivity index is 1.76. The molecule has 24 heavy (non-hydrogen) atoms. The van der Waals surface area contributed by atoms with E-state index in [1.807, 2.05) is 6.92 Å². The van der Waals surface area contributed by atoms with Gasteiger partial charge in [0.2, 0.25) is 6.43 Å². The van der Waals surface area contributed by atoms with Crippen molar-refractivity contribution < 1.29 is 13.2 Å². The standard InChI is InChI=1S/C16H17F3N4O/c1-3-12(10-4-11(17)6-20-5-10)22-9(2)21-23(14(22)24)16-7-15(16,8-16)13(18)19/h4-6,12-13H,3,7-8H2,1-2H3. The van der Waals surface area contributed by atoms with Crippen LogP contribution >= 0.6 is 0 Å². The third kappa shape index (κ3) is 1.79. The van der Waals surface area contributed by atoms with Crippen molar-refractivity contribution in [3.8, 4) is 0 Å². The average molecular weight is 338 g/mol. The summed E-state index contributed by atoms with van der Waals surface area (Å²) in [5.74, 6) is -0.0452. The van der Waals surface area contributed by atoms with E-state index in [0.29, 0.717) is 30.7 Å². The highest BCUT2D eigenvalue weighted by Crippen LogP contribution is 2.85. The number of nitrogens with zero attached hydrogens (tertiary/aromatic N) is 4. The number of alkyl halides is 2. The van der Waals surface area contributed by atoms with E-state index in [1.54, 1.807) is 6.92 Å². The molecule has 2 saturated carbocycles. The maximum absolute atomic E-state index is 13.5. The summed E-state index contributed by atoms with van der Waals surface area (Å²) >= 11 is 0. The molecule has 1 unspecified atom stereocenters. The molecule has 0 N–H and O–H groups in total. The summed E-state index contributed by atoms with van der Waals surface area (Å²) in [5.41, 5.74) is -1.73. The smallest absolute Gasteiger partial charge is 0.271 e. The fourth-order valence-electron chi connectivity index (χ4n) is 3.91. The maximum atomic E-state index is 13.5. The average Bonchev–Trinajstić information content (AvgIpc) is 3.33. The van der Waals surface area contributed by atoms with E-state index in [0.717, 1.165) is 6.20 Å². The lowest BCUT2D eigenvalue weighted by Gasteiger charge is -2.16. The van der Waals surface area contributed by atoms with E-state index in [-0.39, 0.29) is 0 Å². The molecular weight excluding hydrogens is 321 g/mol. The van der Waals surface area contributed by atoms with Gasteiger partial charge < -0.3 is 0 Å². The second-order valence-electron chi connectivity index (χ2n) is 6.81. The van der Waals surface area contributed by atoms with Gasteiger partial charge in [-0.1, -0.05) is 6.92 Å². The first-order valence-corrected chi connectivity index (χ1v) is 7.93. The lowest BCUT2D eigenvalue weighted by molar-refractivity contribution is 0.0918. The van der Waals surface area contributed by atoms with Gasteiger partial charge in [-0.3, -0.25) is 9.55 Å². The van der Waals surface area contributed by atoms with Crippen LogP contribution in [0.4, 0.5) is 13.2 Å². The fourth-order valence-corrected chi connectivity index (χ4v) is 3.91. The van der Waals surface area contributed by atoms with Crippen LogP contribution in [0.15, 0.2) is 23.3 Å². The second-order valence-corrected chi connectivity index (χ2v) is 6.81. The summed E-state index contributed by atoms with van der Waals surface area (Å²) in [6.07, 6.45) is 1.29. The molecule has 2 aromatic rings. The molecule has 128 valence electrons. The summed E-state index contributed by atoms with van der Waals surface area (Å²) < 4.78 is 42.5. The van der Waals surface area contributed by atoms with Gasteiger partial charge in [-0.15, -0.1) is 0 Å². The molecule has 0 bridgehead atoms. The topological polar surface area (TPSA) is 52.7 Å². The van der Waals surface area contributed by atoms with Crippen molar-refractivity contribution in [2.75, 3.05) is 0 Å². The van der Waals surface area contributed by atoms with Gasteiger partial charge in [0.1, 0.15) is 11.6 Å². The van der Waals surface area contributed by atoms with Crippen LogP contribution in [0.25, 0.3) is 0 Å². The van der Waals surface area contributed by atoms with Crippen LogP contribution in [0.2, 0.25) is 0 Å². The molecule has 5 nitrogen and oxygen atoms in total. The SMILES string of the molecule is CCC(c1cncc(F)c1)n1c(C)nn(C23CC2(C(F)F)C3)c1=O. The Labute approximate surface area is 136 Å². The molecule has 2 heterocycles. The number of aryl methyl sites for hydroxylation is 1. The molecule has 2 fully saturated rings. The number of hydrogen-bond acceptors (Lipinski definition) is 3. The number of aromatic nitrogens is 4. The van der Waals surface area contributed by atoms with Crippen molar-refractivity contribution in [3.63, 3.8) is 0 Å². The predicted molar refractivity (Wildman–Crippen MR) is 79.5 cm³/mol. The third-order valence-electron chi connectivity index (χ3n) is 5.51. The lowest BCUT2D eigenvalue weighted by Crippen LogP contribution is -2.31. The van der Waals surface area contributed by atoms with Gasteiger partial charge >= 0.3 is 5.69 Å². The first-order valence-electron chi connectivity index (χ1n) is 7.93. The summed E-state index contributed by atoms with van der Waals surface area (Å²) in [5, 5.41) is 4.25. The highest BCUT2D eigenvalue weighted by molar-refractivity contribution is 5.36. The molecule has 2 aliphatic carbocycles. The molecule has 2 aromatic heterocycles. The molecule has 4 rings (SSSR count). The van der Waals surface area contributed by atoms with Gasteiger partial charge in [0, 0.05) is 6.20 Å². The van der Waals surface area contributed by atoms with E-state index in [2.05, 4.69) is 10.1 Å². The Bertz CT molecular complexity index is 866. The van der Waals surface area contributed by atoms with Crippen molar-refractivity contribution in [1.29, 1.82) is 0 Å². The molecule has 0 aromatic carbocycles. The maximum Gasteiger partial charge on any atom is 0.347 e. The summed E-state index contributed by atoms with van der Waals surface area (Å²) in [6, 6.07) is 0.907. The van der Waals surface area contributed by atoms with Gasteiger partial charge in [-0.25, -0.2) is 22.6 Å². The molecule has 1 atom stereocenters. The van der Waals surface area contributed by atoms with Crippen molar-refractivity contribution in [3.05, 3.63) is 46.1 Å². The Hall–Kier alpha value is -2.12. The predicted octanol–water partition coefficient (Wildman–Crippen LogP) is 2.64. The van der Waals surface area contributed by atoms with Crippen LogP contribution < -0.4 is 5.69 Å². The van der Waals surface area contributed by atoms with E-state index in [4.69, 9.17) is 0 Å². The van der Waals surface area contributed by atoms with Gasteiger partial charge in [0.05, 0.1) is 23.2 Å². The van der Waals surface area contributed by atoms with E-state index in [9.17, 15) is 18.0 Å². The lowest BCUT2D eigenvalue weighted by atomic mass is 10.1. The van der Waals surface area contributed by atoms with Crippen LogP contribution in [0.5, 0.6) is 0 Å². The monoisotopic (exact) mass is 338 g/mol. The highest BCUT2D eigenvalue weighted by Gasteiger charge is 2.90. The Kier molecular flexibility index (Phi) is 3.02. The Morgan fingerprint density at radius 1 is 1.33 bits per heavy atom. The number of hydrogen-bond donors (Lipinski definition) is 0. The van der Waals surface area contributed by atoms with E-state index in [1.165, 1.54) is 21.5 Å². The number of halogens is 3. The molecule has 2 aliphatic rings. The van der Waals surface area contributed by atoms with Crippen LogP contribution in [0, 0.1) is 18.2 Å². The van der Waals surface area contributed by atoms with Crippen molar-refractivity contribution in [2.24, 2.45) is 5.41 Å². The quantitative estimate of drug-likeness (QED) is 0.842. The zero-order valence-electron chi connectivity index (χ0n) is 13.3. The summed E-state index contributed by atoms with van der Waals surface area (Å²) in [6.45, 7) is 3.54. The zero-order chi connectivity index (χ0) is 17.3. The van der Waals surface area contributed by atoms with Crippen LogP contribution in [-0.4, -0.2) is 25.8 Å². The summed E-state index contributed by atoms with van der Waals surface area (Å²) in [7, 11) is 0. The molecule has 0 spiro atoms. The Morgan fingerprint density at radius 3 is 2.58 bits per heavy atom. The Morgan fingerprint density at radius 2 is 2.04 bits per heavy atom. The summed E-state index contributed by atoms with van der Waals surface area (Å²) in [4.78, 5) is 16.7. The fraction of sp³-hybridized carbons (Fsp3) is 0.562. The minimum atomic E-state index is -2.44. The number of fused-ring (bicyclic) bond motifs is 1. The zero-order valence-corrected chi connectivity index (χ0v) is 13.3. The van der Waals surface area contributed by atoms with Crippen molar-refractivity contribution in [1.82, 2.24) is 19.3 Å². The highest BCUT2D eigenvalue weighted by atomic mass is 19.3. The minimum absolute atomic E-state index is 0.298. The largest absolute Gasteiger partial charge is 0.347 e. The van der Waals surface area contributed by atoms with E-state index >= 15 is 0 Å². The molecular formula is C16H17F3N4O. The number of rotatable bonds is 5. The molecule has 8 heteroatoms. The van der Waals surface area contributed by atoms with Gasteiger partial charge in [-0.05, 0) is 37.8 Å². The van der Waals surface area contributed by atoms with Gasteiger partial charge in [0.15, 0.2) is 0 Å². The third-order valence-corrected chi connectivity index (χ3v) is 5.51. The minimum Gasteiger partial charge on any atom is -0.271 e. The molecule has 0 amide bonds. The van der Waals surface area contributed by atoms with Gasteiger partial charge in [0.25, 0.3) is 0 Å². The van der Waals surface area contributed by atoms with Crippen LogP contribution in [-0.2, 0) is 5.54 Å². The molecule has 0 saturated heterocycles. The second kappa shape index (κ2) is 4.70. The van der Waals surface area contributed by atoms with Crippen LogP contribution in [0.3, 0.4) is 0 Å².